The molecule has 1 aliphatic carbocycles. The summed E-state index contributed by atoms with van der Waals surface area (Å²) in [5.74, 6) is 0. The van der Waals surface area contributed by atoms with Gasteiger partial charge in [0, 0.05) is 16.1 Å². The summed E-state index contributed by atoms with van der Waals surface area (Å²) >= 11 is 12.0. The quantitative estimate of drug-likeness (QED) is 0.868. The van der Waals surface area contributed by atoms with E-state index in [-0.39, 0.29) is 0 Å². The van der Waals surface area contributed by atoms with Crippen molar-refractivity contribution in [2.24, 2.45) is 0 Å². The molecule has 0 bridgehead atoms. The molecule has 19 heavy (non-hydrogen) atoms. The van der Waals surface area contributed by atoms with Crippen molar-refractivity contribution in [1.82, 2.24) is 5.32 Å². The molecule has 0 unspecified atom stereocenters. The second-order valence-corrected chi connectivity index (χ2v) is 5.92. The maximum atomic E-state index is 6.14. The number of nitrogens with one attached hydrogen (secondary N) is 1. The molecule has 0 heterocycles. The first-order valence-electron chi connectivity index (χ1n) is 6.98. The van der Waals surface area contributed by atoms with E-state index in [0.29, 0.717) is 28.8 Å². The van der Waals surface area contributed by atoms with Gasteiger partial charge in [-0.25, -0.2) is 0 Å². The lowest BCUT2D eigenvalue weighted by Gasteiger charge is -2.29. The standard InChI is InChI=1S/C15H21Cl2NO/c1-2-18-13-5-7-14(8-6-13)19-10-11-3-4-12(16)9-15(11)17/h3-4,9,13-14,18H,2,5-8,10H2,1H3. The van der Waals surface area contributed by atoms with Gasteiger partial charge in [-0.15, -0.1) is 0 Å². The fourth-order valence-electron chi connectivity index (χ4n) is 2.57. The molecule has 4 heteroatoms. The van der Waals surface area contributed by atoms with Gasteiger partial charge < -0.3 is 10.1 Å². The van der Waals surface area contributed by atoms with Crippen LogP contribution in [-0.4, -0.2) is 18.7 Å². The SMILES string of the molecule is CCNC1CCC(OCc2ccc(Cl)cc2Cl)CC1. The second-order valence-electron chi connectivity index (χ2n) is 5.08. The molecule has 1 saturated carbocycles. The zero-order valence-corrected chi connectivity index (χ0v) is 12.8. The van der Waals surface area contributed by atoms with Crippen LogP contribution in [0.2, 0.25) is 10.0 Å². The fourth-order valence-corrected chi connectivity index (χ4v) is 3.03. The minimum absolute atomic E-state index is 0.363. The van der Waals surface area contributed by atoms with Crippen molar-refractivity contribution in [2.75, 3.05) is 6.54 Å². The van der Waals surface area contributed by atoms with Crippen molar-refractivity contribution in [3.8, 4) is 0 Å². The Hall–Kier alpha value is -0.280. The van der Waals surface area contributed by atoms with Gasteiger partial charge in [-0.2, -0.15) is 0 Å². The summed E-state index contributed by atoms with van der Waals surface area (Å²) in [4.78, 5) is 0. The highest BCUT2D eigenvalue weighted by atomic mass is 35.5. The molecule has 1 N–H and O–H groups in total. The Labute approximate surface area is 125 Å². The topological polar surface area (TPSA) is 21.3 Å². The summed E-state index contributed by atoms with van der Waals surface area (Å²) in [5, 5.41) is 4.86. The van der Waals surface area contributed by atoms with Crippen LogP contribution in [-0.2, 0) is 11.3 Å². The smallest absolute Gasteiger partial charge is 0.0735 e. The van der Waals surface area contributed by atoms with Crippen LogP contribution in [0.3, 0.4) is 0 Å². The van der Waals surface area contributed by atoms with Crippen molar-refractivity contribution < 1.29 is 4.74 Å². The van der Waals surface area contributed by atoms with Gasteiger partial charge in [0.15, 0.2) is 0 Å². The Kier molecular flexibility index (Phi) is 5.96. The second kappa shape index (κ2) is 7.49. The Balaban J connectivity index is 1.77. The molecule has 0 aliphatic heterocycles. The zero-order chi connectivity index (χ0) is 13.7. The molecule has 106 valence electrons. The molecule has 0 aromatic heterocycles. The number of ether oxygens (including phenoxy) is 1. The Bertz CT molecular complexity index is 403. The minimum Gasteiger partial charge on any atom is -0.373 e. The molecule has 0 atom stereocenters. The monoisotopic (exact) mass is 301 g/mol. The van der Waals surface area contributed by atoms with Gasteiger partial charge in [0.05, 0.1) is 12.7 Å². The maximum absolute atomic E-state index is 6.14. The predicted molar refractivity (Wildman–Crippen MR) is 81.0 cm³/mol. The van der Waals surface area contributed by atoms with Gasteiger partial charge >= 0.3 is 0 Å². The highest BCUT2D eigenvalue weighted by molar-refractivity contribution is 6.35. The van der Waals surface area contributed by atoms with Gasteiger partial charge in [-0.3, -0.25) is 0 Å². The van der Waals surface area contributed by atoms with E-state index < -0.39 is 0 Å². The predicted octanol–water partition coefficient (Wildman–Crippen LogP) is 4.43. The van der Waals surface area contributed by atoms with Crippen LogP contribution < -0.4 is 5.32 Å². The lowest BCUT2D eigenvalue weighted by Crippen LogP contribution is -2.35. The molecular weight excluding hydrogens is 281 g/mol. The van der Waals surface area contributed by atoms with Crippen molar-refractivity contribution in [3.05, 3.63) is 33.8 Å². The van der Waals surface area contributed by atoms with Crippen molar-refractivity contribution in [1.29, 1.82) is 0 Å². The van der Waals surface area contributed by atoms with Gasteiger partial charge in [0.25, 0.3) is 0 Å². The summed E-state index contributed by atoms with van der Waals surface area (Å²) in [6, 6.07) is 6.23. The van der Waals surface area contributed by atoms with E-state index in [2.05, 4.69) is 12.2 Å². The van der Waals surface area contributed by atoms with Crippen molar-refractivity contribution in [3.63, 3.8) is 0 Å². The molecule has 0 spiro atoms. The van der Waals surface area contributed by atoms with E-state index in [9.17, 15) is 0 Å². The van der Waals surface area contributed by atoms with Gasteiger partial charge in [0.2, 0.25) is 0 Å². The summed E-state index contributed by atoms with van der Waals surface area (Å²) in [7, 11) is 0. The molecule has 1 aromatic carbocycles. The van der Waals surface area contributed by atoms with E-state index >= 15 is 0 Å². The molecular formula is C15H21Cl2NO. The van der Waals surface area contributed by atoms with Gasteiger partial charge in [-0.05, 0) is 49.9 Å². The van der Waals surface area contributed by atoms with Crippen LogP contribution in [0.5, 0.6) is 0 Å². The van der Waals surface area contributed by atoms with Crippen LogP contribution in [0.25, 0.3) is 0 Å². The van der Waals surface area contributed by atoms with Crippen LogP contribution in [0.4, 0.5) is 0 Å². The Morgan fingerprint density at radius 2 is 1.95 bits per heavy atom. The number of hydrogen-bond acceptors (Lipinski definition) is 2. The van der Waals surface area contributed by atoms with E-state index in [0.717, 1.165) is 24.9 Å². The number of halogens is 2. The first-order chi connectivity index (χ1) is 9.19. The van der Waals surface area contributed by atoms with Crippen molar-refractivity contribution in [2.45, 2.75) is 51.4 Å². The molecule has 0 radical (unpaired) electrons. The van der Waals surface area contributed by atoms with Crippen LogP contribution in [0, 0.1) is 0 Å². The number of benzene rings is 1. The van der Waals surface area contributed by atoms with Crippen LogP contribution >= 0.6 is 23.2 Å². The number of hydrogen-bond donors (Lipinski definition) is 1. The molecule has 2 nitrogen and oxygen atoms in total. The highest BCUT2D eigenvalue weighted by Gasteiger charge is 2.21. The van der Waals surface area contributed by atoms with E-state index in [4.69, 9.17) is 27.9 Å². The zero-order valence-electron chi connectivity index (χ0n) is 11.3. The summed E-state index contributed by atoms with van der Waals surface area (Å²) in [5.41, 5.74) is 1.01. The lowest BCUT2D eigenvalue weighted by atomic mass is 9.93. The first-order valence-corrected chi connectivity index (χ1v) is 7.73. The molecule has 0 amide bonds. The summed E-state index contributed by atoms with van der Waals surface area (Å²) in [6.45, 7) is 3.79. The maximum Gasteiger partial charge on any atom is 0.0735 e. The van der Waals surface area contributed by atoms with E-state index in [1.54, 1.807) is 6.07 Å². The molecule has 0 saturated heterocycles. The molecule has 1 aliphatic rings. The largest absolute Gasteiger partial charge is 0.373 e. The highest BCUT2D eigenvalue weighted by Crippen LogP contribution is 2.25. The lowest BCUT2D eigenvalue weighted by molar-refractivity contribution is 0.0115. The average Bonchev–Trinajstić information content (AvgIpc) is 2.40. The Morgan fingerprint density at radius 3 is 2.58 bits per heavy atom. The van der Waals surface area contributed by atoms with E-state index in [1.165, 1.54) is 12.8 Å². The minimum atomic E-state index is 0.363. The molecule has 1 aromatic rings. The number of rotatable bonds is 5. The average molecular weight is 302 g/mol. The van der Waals surface area contributed by atoms with Crippen LogP contribution in [0.15, 0.2) is 18.2 Å². The summed E-state index contributed by atoms with van der Waals surface area (Å²) < 4.78 is 5.96. The van der Waals surface area contributed by atoms with Gasteiger partial charge in [0.1, 0.15) is 0 Å². The molecule has 1 fully saturated rings. The van der Waals surface area contributed by atoms with Crippen molar-refractivity contribution >= 4 is 23.2 Å². The fraction of sp³-hybridized carbons (Fsp3) is 0.600. The first kappa shape index (κ1) is 15.1. The van der Waals surface area contributed by atoms with E-state index in [1.807, 2.05) is 12.1 Å². The summed E-state index contributed by atoms with van der Waals surface area (Å²) in [6.07, 6.45) is 5.02. The normalized spacial score (nSPS) is 23.5. The third kappa shape index (κ3) is 4.64. The third-order valence-electron chi connectivity index (χ3n) is 3.66. The van der Waals surface area contributed by atoms with Gasteiger partial charge in [-0.1, -0.05) is 36.2 Å². The molecule has 2 rings (SSSR count). The third-order valence-corrected chi connectivity index (χ3v) is 4.24. The Morgan fingerprint density at radius 1 is 1.21 bits per heavy atom. The van der Waals surface area contributed by atoms with Crippen LogP contribution in [0.1, 0.15) is 38.2 Å².